The molecule has 0 aliphatic carbocycles. The normalized spacial score (nSPS) is 20.6. The van der Waals surface area contributed by atoms with E-state index in [1.54, 1.807) is 23.2 Å². The summed E-state index contributed by atoms with van der Waals surface area (Å²) >= 11 is 0. The maximum atomic E-state index is 13.8. The molecule has 3 heterocycles. The van der Waals surface area contributed by atoms with Crippen molar-refractivity contribution in [2.45, 2.75) is 36.6 Å². The first kappa shape index (κ1) is 21.6. The van der Waals surface area contributed by atoms with Crippen LogP contribution in [0.4, 0.5) is 5.69 Å². The Labute approximate surface area is 193 Å². The minimum absolute atomic E-state index is 0.0201. The van der Waals surface area contributed by atoms with Gasteiger partial charge in [-0.25, -0.2) is 8.42 Å². The van der Waals surface area contributed by atoms with Gasteiger partial charge in [0.05, 0.1) is 28.9 Å². The smallest absolute Gasteiger partial charge is 0.244 e. The molecule has 1 fully saturated rings. The van der Waals surface area contributed by atoms with Gasteiger partial charge >= 0.3 is 0 Å². The van der Waals surface area contributed by atoms with Crippen molar-refractivity contribution in [1.82, 2.24) is 9.88 Å². The molecule has 0 N–H and O–H groups in total. The molecule has 0 saturated carbocycles. The molecule has 2 bridgehead atoms. The number of hydrogen-bond acceptors (Lipinski definition) is 6. The third kappa shape index (κ3) is 4.49. The lowest BCUT2D eigenvalue weighted by Crippen LogP contribution is -2.45. The second-order valence-corrected chi connectivity index (χ2v) is 10.6. The fraction of sp³-hybridized carbons (Fsp3) is 0.280. The quantitative estimate of drug-likeness (QED) is 0.579. The van der Waals surface area contributed by atoms with Gasteiger partial charge in [0.1, 0.15) is 11.9 Å². The van der Waals surface area contributed by atoms with Crippen LogP contribution in [0.15, 0.2) is 77.8 Å². The number of para-hydroxylation sites is 2. The molecule has 1 amide bonds. The molecule has 0 spiro atoms. The van der Waals surface area contributed by atoms with Crippen LogP contribution in [0.5, 0.6) is 5.75 Å². The van der Waals surface area contributed by atoms with Crippen LogP contribution in [-0.4, -0.2) is 49.2 Å². The highest BCUT2D eigenvalue weighted by Crippen LogP contribution is 2.37. The van der Waals surface area contributed by atoms with Crippen molar-refractivity contribution in [2.75, 3.05) is 17.7 Å². The molecule has 1 aromatic heterocycles. The summed E-state index contributed by atoms with van der Waals surface area (Å²) in [6.45, 7) is 1.52. The number of fused-ring (bicyclic) bond motifs is 3. The molecule has 2 aliphatic rings. The number of anilines is 1. The first-order valence-corrected chi connectivity index (χ1v) is 12.8. The van der Waals surface area contributed by atoms with Crippen molar-refractivity contribution in [3.8, 4) is 5.75 Å². The van der Waals surface area contributed by atoms with Crippen LogP contribution in [-0.2, 0) is 27.7 Å². The van der Waals surface area contributed by atoms with E-state index in [4.69, 9.17) is 4.74 Å². The summed E-state index contributed by atoms with van der Waals surface area (Å²) in [7, 11) is -3.25. The monoisotopic (exact) mass is 463 g/mol. The molecule has 2 atom stereocenters. The number of ether oxygens (including phenoxy) is 1. The molecular formula is C25H25N3O4S. The fourth-order valence-electron chi connectivity index (χ4n) is 4.53. The summed E-state index contributed by atoms with van der Waals surface area (Å²) < 4.78 is 29.9. The molecule has 7 nitrogen and oxygen atoms in total. The Morgan fingerprint density at radius 3 is 2.48 bits per heavy atom. The van der Waals surface area contributed by atoms with Crippen molar-refractivity contribution in [3.63, 3.8) is 0 Å². The zero-order valence-corrected chi connectivity index (χ0v) is 19.1. The number of carbonyl (C=O) groups excluding carboxylic acids is 1. The lowest BCUT2D eigenvalue weighted by Gasteiger charge is -2.31. The number of pyridine rings is 1. The highest BCUT2D eigenvalue weighted by atomic mass is 32.2. The highest BCUT2D eigenvalue weighted by molar-refractivity contribution is 7.90. The molecule has 3 aromatic rings. The number of carbonyl (C=O) groups is 1. The Balaban J connectivity index is 1.44. The highest BCUT2D eigenvalue weighted by Gasteiger charge is 2.42. The van der Waals surface area contributed by atoms with Gasteiger partial charge in [0.15, 0.2) is 9.84 Å². The number of nitrogens with zero attached hydrogens (tertiary/aromatic N) is 3. The van der Waals surface area contributed by atoms with Crippen molar-refractivity contribution in [2.24, 2.45) is 0 Å². The second kappa shape index (κ2) is 8.61. The average molecular weight is 464 g/mol. The summed E-state index contributed by atoms with van der Waals surface area (Å²) in [5, 5.41) is 0. The molecular weight excluding hydrogens is 438 g/mol. The summed E-state index contributed by atoms with van der Waals surface area (Å²) in [5.41, 5.74) is 2.51. The topological polar surface area (TPSA) is 79.8 Å². The summed E-state index contributed by atoms with van der Waals surface area (Å²) in [4.78, 5) is 22.4. The van der Waals surface area contributed by atoms with Crippen molar-refractivity contribution in [3.05, 3.63) is 84.2 Å². The van der Waals surface area contributed by atoms with Gasteiger partial charge in [-0.1, -0.05) is 30.3 Å². The van der Waals surface area contributed by atoms with E-state index >= 15 is 0 Å². The zero-order chi connectivity index (χ0) is 23.0. The standard InChI is InChI=1S/C25H25N3O4S/c1-33(30,31)21-11-9-18(10-12-21)15-27-17-20-14-23(27)25(29)28(16-19-6-4-5-13-26-19)22-7-2-3-8-24(22)32-20/h2-13,20,23H,14-17H2,1H3. The Bertz CT molecular complexity index is 1260. The molecule has 8 heteroatoms. The van der Waals surface area contributed by atoms with Gasteiger partial charge in [0.2, 0.25) is 5.91 Å². The molecule has 2 unspecified atom stereocenters. The average Bonchev–Trinajstić information content (AvgIpc) is 3.20. The van der Waals surface area contributed by atoms with E-state index in [0.29, 0.717) is 31.8 Å². The minimum Gasteiger partial charge on any atom is -0.487 e. The molecule has 33 heavy (non-hydrogen) atoms. The van der Waals surface area contributed by atoms with Gasteiger partial charge in [0.25, 0.3) is 0 Å². The Morgan fingerprint density at radius 2 is 1.76 bits per heavy atom. The Hall–Kier alpha value is -3.23. The number of amides is 1. The van der Waals surface area contributed by atoms with E-state index in [1.807, 2.05) is 54.6 Å². The van der Waals surface area contributed by atoms with Crippen LogP contribution >= 0.6 is 0 Å². The third-order valence-corrected chi connectivity index (χ3v) is 7.28. The van der Waals surface area contributed by atoms with Crippen LogP contribution in [0, 0.1) is 0 Å². The molecule has 0 radical (unpaired) electrons. The number of sulfone groups is 1. The first-order chi connectivity index (χ1) is 15.9. The summed E-state index contributed by atoms with van der Waals surface area (Å²) in [5.74, 6) is 0.719. The van der Waals surface area contributed by atoms with Crippen LogP contribution in [0.1, 0.15) is 17.7 Å². The number of rotatable bonds is 5. The third-order valence-electron chi connectivity index (χ3n) is 6.15. The van der Waals surface area contributed by atoms with Crippen LogP contribution in [0.2, 0.25) is 0 Å². The number of likely N-dealkylation sites (tertiary alicyclic amines) is 1. The Morgan fingerprint density at radius 1 is 1.00 bits per heavy atom. The molecule has 5 rings (SSSR count). The lowest BCUT2D eigenvalue weighted by molar-refractivity contribution is -0.123. The van der Waals surface area contributed by atoms with Gasteiger partial charge in [-0.2, -0.15) is 0 Å². The van der Waals surface area contributed by atoms with E-state index in [1.165, 1.54) is 6.26 Å². The van der Waals surface area contributed by atoms with Gasteiger partial charge < -0.3 is 9.64 Å². The largest absolute Gasteiger partial charge is 0.487 e. The van der Waals surface area contributed by atoms with Crippen molar-refractivity contribution >= 4 is 21.4 Å². The van der Waals surface area contributed by atoms with Crippen molar-refractivity contribution in [1.29, 1.82) is 0 Å². The maximum absolute atomic E-state index is 13.8. The zero-order valence-electron chi connectivity index (χ0n) is 18.3. The lowest BCUT2D eigenvalue weighted by atomic mass is 10.1. The van der Waals surface area contributed by atoms with Crippen molar-refractivity contribution < 1.29 is 17.9 Å². The van der Waals surface area contributed by atoms with E-state index < -0.39 is 9.84 Å². The molecule has 2 aromatic carbocycles. The SMILES string of the molecule is CS(=O)(=O)c1ccc(CN2CC3CC2C(=O)N(Cc2ccccn2)c2ccccc2O3)cc1. The van der Waals surface area contributed by atoms with Gasteiger partial charge in [0, 0.05) is 32.0 Å². The molecule has 2 aliphatic heterocycles. The number of benzene rings is 2. The maximum Gasteiger partial charge on any atom is 0.244 e. The number of hydrogen-bond donors (Lipinski definition) is 0. The molecule has 1 saturated heterocycles. The minimum atomic E-state index is -3.25. The molecule has 170 valence electrons. The van der Waals surface area contributed by atoms with Gasteiger partial charge in [-0.3, -0.25) is 14.7 Å². The number of aromatic nitrogens is 1. The van der Waals surface area contributed by atoms with Gasteiger partial charge in [-0.15, -0.1) is 0 Å². The van der Waals surface area contributed by atoms with E-state index in [0.717, 1.165) is 16.9 Å². The van der Waals surface area contributed by atoms with Gasteiger partial charge in [-0.05, 0) is 42.0 Å². The summed E-state index contributed by atoms with van der Waals surface area (Å²) in [6, 6.07) is 19.8. The predicted molar refractivity (Wildman–Crippen MR) is 125 cm³/mol. The van der Waals surface area contributed by atoms with E-state index in [-0.39, 0.29) is 22.9 Å². The van der Waals surface area contributed by atoms with Crippen LogP contribution in [0.25, 0.3) is 0 Å². The predicted octanol–water partition coefficient (Wildman–Crippen LogP) is 3.05. The fourth-order valence-corrected chi connectivity index (χ4v) is 5.16. The Kier molecular flexibility index (Phi) is 5.64. The first-order valence-electron chi connectivity index (χ1n) is 10.9. The van der Waals surface area contributed by atoms with E-state index in [9.17, 15) is 13.2 Å². The van der Waals surface area contributed by atoms with Crippen LogP contribution < -0.4 is 9.64 Å². The second-order valence-electron chi connectivity index (χ2n) is 8.55. The summed E-state index contributed by atoms with van der Waals surface area (Å²) in [6.07, 6.45) is 3.44. The van der Waals surface area contributed by atoms with Crippen LogP contribution in [0.3, 0.4) is 0 Å². The van der Waals surface area contributed by atoms with E-state index in [2.05, 4.69) is 9.88 Å².